The van der Waals surface area contributed by atoms with Crippen LogP contribution in [0.2, 0.25) is 0 Å². The van der Waals surface area contributed by atoms with Crippen molar-refractivity contribution in [3.8, 4) is 0 Å². The second-order valence-corrected chi connectivity index (χ2v) is 7.33. The zero-order valence-electron chi connectivity index (χ0n) is 12.2. The molecule has 1 aliphatic rings. The highest BCUT2D eigenvalue weighted by Crippen LogP contribution is 2.49. The minimum absolute atomic E-state index is 0.187. The summed E-state index contributed by atoms with van der Waals surface area (Å²) < 4.78 is 11.8. The van der Waals surface area contributed by atoms with Crippen LogP contribution in [0.5, 0.6) is 0 Å². The van der Waals surface area contributed by atoms with Gasteiger partial charge in [-0.15, -0.1) is 23.2 Å². The van der Waals surface area contributed by atoms with Crippen molar-refractivity contribution in [2.75, 3.05) is 37.9 Å². The fourth-order valence-corrected chi connectivity index (χ4v) is 4.83. The van der Waals surface area contributed by atoms with Crippen molar-refractivity contribution in [1.29, 1.82) is 0 Å². The van der Waals surface area contributed by atoms with E-state index in [2.05, 4.69) is 14.3 Å². The molecular formula is C11H18Cl2N5O3P. The minimum Gasteiger partial charge on any atom is -0.390 e. The molecule has 0 N–H and O–H groups in total. The van der Waals surface area contributed by atoms with Gasteiger partial charge in [-0.25, -0.2) is 13.9 Å². The van der Waals surface area contributed by atoms with Gasteiger partial charge in [-0.1, -0.05) is 4.98 Å². The third-order valence-electron chi connectivity index (χ3n) is 3.34. The average molecular weight is 370 g/mol. The predicted octanol–water partition coefficient (Wildman–Crippen LogP) is 2.17. The van der Waals surface area contributed by atoms with Crippen molar-refractivity contribution < 1.29 is 9.45 Å². The third kappa shape index (κ3) is 4.07. The summed E-state index contributed by atoms with van der Waals surface area (Å²) in [7, 11) is 0.671. The van der Waals surface area contributed by atoms with Gasteiger partial charge in [0.25, 0.3) is 0 Å². The zero-order chi connectivity index (χ0) is 16.1. The summed E-state index contributed by atoms with van der Waals surface area (Å²) in [6, 6.07) is 0. The lowest BCUT2D eigenvalue weighted by atomic mass is 10.5. The number of alkyl halides is 2. The number of nitrogens with zero attached hydrogens (tertiary/aromatic N) is 5. The first kappa shape index (κ1) is 17.8. The van der Waals surface area contributed by atoms with Crippen LogP contribution in [0.15, 0.2) is 6.20 Å². The van der Waals surface area contributed by atoms with Crippen molar-refractivity contribution >= 4 is 37.6 Å². The van der Waals surface area contributed by atoms with Crippen LogP contribution in [0.3, 0.4) is 0 Å². The molecule has 0 atom stereocenters. The van der Waals surface area contributed by atoms with Crippen LogP contribution in [0.1, 0.15) is 5.69 Å². The number of aromatic nitrogens is 2. The summed E-state index contributed by atoms with van der Waals surface area (Å²) in [4.78, 5) is 14.1. The molecule has 0 aliphatic carbocycles. The van der Waals surface area contributed by atoms with E-state index in [1.54, 1.807) is 7.05 Å². The van der Waals surface area contributed by atoms with Gasteiger partial charge >= 0.3 is 5.95 Å². The zero-order valence-corrected chi connectivity index (χ0v) is 14.6. The van der Waals surface area contributed by atoms with Crippen molar-refractivity contribution in [3.05, 3.63) is 22.0 Å². The standard InChI is InChI=1S/C11H18Cl2N5O3P/c1-15-10(8-14-11(15)18(19)20)9-21-22-16(4-2-12)6-7-17(22)5-3-13/h8H,2-7,9H2,1H3. The summed E-state index contributed by atoms with van der Waals surface area (Å²) >= 11 is 11.7. The Balaban J connectivity index is 2.02. The Morgan fingerprint density at radius 1 is 1.36 bits per heavy atom. The number of hydrogen-bond acceptors (Lipinski definition) is 6. The van der Waals surface area contributed by atoms with Gasteiger partial charge in [-0.3, -0.25) is 0 Å². The van der Waals surface area contributed by atoms with Gasteiger partial charge in [-0.05, 0) is 4.92 Å². The molecule has 22 heavy (non-hydrogen) atoms. The molecule has 124 valence electrons. The maximum atomic E-state index is 10.8. The van der Waals surface area contributed by atoms with E-state index in [0.717, 1.165) is 26.2 Å². The van der Waals surface area contributed by atoms with Crippen molar-refractivity contribution in [2.45, 2.75) is 6.61 Å². The molecule has 1 fully saturated rings. The molecule has 0 saturated carbocycles. The van der Waals surface area contributed by atoms with Crippen LogP contribution in [0.25, 0.3) is 0 Å². The van der Waals surface area contributed by atoms with Gasteiger partial charge in [0, 0.05) is 37.9 Å². The Morgan fingerprint density at radius 3 is 2.41 bits per heavy atom. The molecule has 1 aromatic heterocycles. The van der Waals surface area contributed by atoms with Crippen LogP contribution in [-0.2, 0) is 18.2 Å². The molecule has 0 amide bonds. The van der Waals surface area contributed by atoms with Crippen molar-refractivity contribution in [2.24, 2.45) is 7.05 Å². The lowest BCUT2D eigenvalue weighted by Crippen LogP contribution is -2.21. The van der Waals surface area contributed by atoms with E-state index in [1.165, 1.54) is 10.8 Å². The minimum atomic E-state index is -0.939. The molecule has 0 spiro atoms. The summed E-state index contributed by atoms with van der Waals surface area (Å²) in [6.07, 6.45) is 1.47. The fraction of sp³-hybridized carbons (Fsp3) is 0.727. The third-order valence-corrected chi connectivity index (χ3v) is 5.80. The smallest absolute Gasteiger partial charge is 0.390 e. The van der Waals surface area contributed by atoms with Gasteiger partial charge in [0.1, 0.15) is 18.5 Å². The molecule has 0 unspecified atom stereocenters. The summed E-state index contributed by atoms with van der Waals surface area (Å²) in [5.74, 6) is 0.885. The van der Waals surface area contributed by atoms with E-state index < -0.39 is 13.4 Å². The summed E-state index contributed by atoms with van der Waals surface area (Å²) in [6.45, 7) is 3.54. The molecule has 1 aliphatic heterocycles. The topological polar surface area (TPSA) is 76.7 Å². The number of nitro groups is 1. The first-order valence-corrected chi connectivity index (χ1v) is 9.01. The predicted molar refractivity (Wildman–Crippen MR) is 86.2 cm³/mol. The maximum absolute atomic E-state index is 10.8. The SMILES string of the molecule is Cn1c(COP2N(CCCl)CCN2CCCl)cnc1[N+](=O)[O-]. The second-order valence-electron chi connectivity index (χ2n) is 4.68. The highest BCUT2D eigenvalue weighted by atomic mass is 35.5. The molecule has 0 radical (unpaired) electrons. The first-order valence-electron chi connectivity index (χ1n) is 6.78. The van der Waals surface area contributed by atoms with Crippen LogP contribution < -0.4 is 0 Å². The Bertz CT molecular complexity index is 504. The Labute approximate surface area is 140 Å². The van der Waals surface area contributed by atoms with Crippen LogP contribution in [0, 0.1) is 10.1 Å². The van der Waals surface area contributed by atoms with E-state index in [1.807, 2.05) is 0 Å². The lowest BCUT2D eigenvalue weighted by molar-refractivity contribution is -0.396. The maximum Gasteiger partial charge on any atom is 0.434 e. The highest BCUT2D eigenvalue weighted by Gasteiger charge is 2.33. The number of rotatable bonds is 8. The fourth-order valence-electron chi connectivity index (χ4n) is 2.20. The lowest BCUT2D eigenvalue weighted by Gasteiger charge is -2.27. The molecule has 0 aromatic carbocycles. The van der Waals surface area contributed by atoms with Crippen LogP contribution >= 0.6 is 31.7 Å². The van der Waals surface area contributed by atoms with Gasteiger partial charge in [-0.2, -0.15) is 0 Å². The molecule has 0 bridgehead atoms. The van der Waals surface area contributed by atoms with Crippen molar-refractivity contribution in [1.82, 2.24) is 18.9 Å². The normalized spacial score (nSPS) is 17.4. The highest BCUT2D eigenvalue weighted by molar-refractivity contribution is 7.47. The van der Waals surface area contributed by atoms with Crippen LogP contribution in [-0.4, -0.2) is 61.8 Å². The van der Waals surface area contributed by atoms with Gasteiger partial charge in [0.2, 0.25) is 0 Å². The Kier molecular flexibility index (Phi) is 6.80. The van der Waals surface area contributed by atoms with Crippen LogP contribution in [0.4, 0.5) is 5.95 Å². The molecule has 11 heteroatoms. The van der Waals surface area contributed by atoms with Gasteiger partial charge in [0.05, 0.1) is 7.05 Å². The summed E-state index contributed by atoms with van der Waals surface area (Å²) in [5.41, 5.74) is 0.665. The monoisotopic (exact) mass is 369 g/mol. The molecular weight excluding hydrogens is 352 g/mol. The Hall–Kier alpha value is -0.500. The van der Waals surface area contributed by atoms with Gasteiger partial charge in [0.15, 0.2) is 8.45 Å². The number of halogens is 2. The first-order chi connectivity index (χ1) is 10.6. The van der Waals surface area contributed by atoms with E-state index >= 15 is 0 Å². The van der Waals surface area contributed by atoms with Gasteiger partial charge < -0.3 is 14.6 Å². The molecule has 2 rings (SSSR count). The van der Waals surface area contributed by atoms with E-state index in [4.69, 9.17) is 27.7 Å². The molecule has 2 heterocycles. The summed E-state index contributed by atoms with van der Waals surface area (Å²) in [5, 5.41) is 10.8. The average Bonchev–Trinajstić information content (AvgIpc) is 3.02. The number of hydrogen-bond donors (Lipinski definition) is 0. The Morgan fingerprint density at radius 2 is 1.95 bits per heavy atom. The number of imidazole rings is 1. The quantitative estimate of drug-likeness (QED) is 0.302. The van der Waals surface area contributed by atoms with E-state index in [9.17, 15) is 10.1 Å². The molecule has 1 aromatic rings. The van der Waals surface area contributed by atoms with E-state index in [-0.39, 0.29) is 12.6 Å². The van der Waals surface area contributed by atoms with E-state index in [0.29, 0.717) is 17.5 Å². The largest absolute Gasteiger partial charge is 0.434 e. The van der Waals surface area contributed by atoms with Crippen molar-refractivity contribution in [3.63, 3.8) is 0 Å². The second kappa shape index (κ2) is 8.38. The molecule has 8 nitrogen and oxygen atoms in total. The molecule has 1 saturated heterocycles.